The number of primary amides is 1. The number of hydrogen-bond acceptors (Lipinski definition) is 6. The van der Waals surface area contributed by atoms with Crippen LogP contribution in [0.15, 0.2) is 30.3 Å². The van der Waals surface area contributed by atoms with E-state index in [0.29, 0.717) is 16.3 Å². The Bertz CT molecular complexity index is 947. The number of esters is 1. The quantitative estimate of drug-likeness (QED) is 0.535. The lowest BCUT2D eigenvalue weighted by atomic mass is 9.95. The SMILES string of the molecule is COc1ccc(/C=C/C(=O)OCC(=O)Nc2sc3c(c2C(N)=O)CCCC3)cc1. The molecule has 0 bridgehead atoms. The molecule has 29 heavy (non-hydrogen) atoms. The van der Waals surface area contributed by atoms with Crippen LogP contribution in [0.4, 0.5) is 5.00 Å². The minimum atomic E-state index is -0.642. The number of amides is 2. The second kappa shape index (κ2) is 9.38. The Hall–Kier alpha value is -3.13. The minimum absolute atomic E-state index is 0.378. The monoisotopic (exact) mass is 414 g/mol. The highest BCUT2D eigenvalue weighted by Gasteiger charge is 2.25. The zero-order chi connectivity index (χ0) is 20.8. The molecule has 152 valence electrons. The maximum atomic E-state index is 12.2. The van der Waals surface area contributed by atoms with Gasteiger partial charge in [-0.2, -0.15) is 0 Å². The number of nitrogens with one attached hydrogen (secondary N) is 1. The van der Waals surface area contributed by atoms with Crippen LogP contribution >= 0.6 is 11.3 Å². The van der Waals surface area contributed by atoms with Crippen molar-refractivity contribution in [2.75, 3.05) is 19.0 Å². The molecule has 1 aromatic heterocycles. The first-order valence-corrected chi connectivity index (χ1v) is 10.0. The number of carbonyl (C=O) groups is 3. The number of methoxy groups -OCH3 is 1. The van der Waals surface area contributed by atoms with Crippen LogP contribution in [-0.4, -0.2) is 31.5 Å². The number of rotatable bonds is 7. The molecule has 1 aliphatic carbocycles. The van der Waals surface area contributed by atoms with Crippen molar-refractivity contribution in [3.05, 3.63) is 51.9 Å². The van der Waals surface area contributed by atoms with Crippen LogP contribution in [0, 0.1) is 0 Å². The van der Waals surface area contributed by atoms with Gasteiger partial charge in [0.2, 0.25) is 0 Å². The van der Waals surface area contributed by atoms with Gasteiger partial charge in [0, 0.05) is 11.0 Å². The fraction of sp³-hybridized carbons (Fsp3) is 0.286. The molecule has 0 aliphatic heterocycles. The van der Waals surface area contributed by atoms with Crippen molar-refractivity contribution in [2.24, 2.45) is 5.73 Å². The third kappa shape index (κ3) is 5.23. The van der Waals surface area contributed by atoms with Crippen LogP contribution in [0.2, 0.25) is 0 Å². The van der Waals surface area contributed by atoms with Gasteiger partial charge in [0.25, 0.3) is 11.8 Å². The maximum absolute atomic E-state index is 12.2. The standard InChI is InChI=1S/C21H22N2O5S/c1-27-14-9-6-13(7-10-14)8-11-18(25)28-12-17(24)23-21-19(20(22)26)15-4-2-3-5-16(15)29-21/h6-11H,2-5,12H2,1H3,(H2,22,26)(H,23,24)/b11-8+. The van der Waals surface area contributed by atoms with E-state index in [1.807, 2.05) is 0 Å². The average molecular weight is 414 g/mol. The van der Waals surface area contributed by atoms with Crippen molar-refractivity contribution in [3.8, 4) is 5.75 Å². The van der Waals surface area contributed by atoms with Crippen LogP contribution in [0.25, 0.3) is 6.08 Å². The number of ether oxygens (including phenoxy) is 2. The van der Waals surface area contributed by atoms with Gasteiger partial charge in [0.15, 0.2) is 6.61 Å². The zero-order valence-electron chi connectivity index (χ0n) is 16.0. The van der Waals surface area contributed by atoms with Gasteiger partial charge in [-0.3, -0.25) is 9.59 Å². The van der Waals surface area contributed by atoms with Gasteiger partial charge in [-0.05, 0) is 55.0 Å². The number of fused-ring (bicyclic) bond motifs is 1. The molecule has 0 saturated carbocycles. The Morgan fingerprint density at radius 2 is 1.90 bits per heavy atom. The van der Waals surface area contributed by atoms with Gasteiger partial charge < -0.3 is 20.5 Å². The molecule has 0 spiro atoms. The molecule has 7 nitrogen and oxygen atoms in total. The molecule has 8 heteroatoms. The number of anilines is 1. The molecular weight excluding hydrogens is 392 g/mol. The van der Waals surface area contributed by atoms with E-state index in [1.54, 1.807) is 37.5 Å². The van der Waals surface area contributed by atoms with Crippen LogP contribution in [0.3, 0.4) is 0 Å². The van der Waals surface area contributed by atoms with Gasteiger partial charge in [0.05, 0.1) is 12.7 Å². The van der Waals surface area contributed by atoms with Gasteiger partial charge >= 0.3 is 5.97 Å². The third-order valence-corrected chi connectivity index (χ3v) is 5.75. The summed E-state index contributed by atoms with van der Waals surface area (Å²) in [5, 5.41) is 3.08. The molecule has 2 amide bonds. The smallest absolute Gasteiger partial charge is 0.331 e. The Balaban J connectivity index is 1.55. The number of carbonyl (C=O) groups excluding carboxylic acids is 3. The molecule has 3 N–H and O–H groups in total. The summed E-state index contributed by atoms with van der Waals surface area (Å²) in [6.07, 6.45) is 6.53. The lowest BCUT2D eigenvalue weighted by Gasteiger charge is -2.11. The van der Waals surface area contributed by atoms with Crippen molar-refractivity contribution >= 4 is 40.2 Å². The van der Waals surface area contributed by atoms with Crippen molar-refractivity contribution in [1.29, 1.82) is 0 Å². The Morgan fingerprint density at radius 1 is 1.17 bits per heavy atom. The van der Waals surface area contributed by atoms with E-state index in [2.05, 4.69) is 5.32 Å². The largest absolute Gasteiger partial charge is 0.497 e. The van der Waals surface area contributed by atoms with E-state index >= 15 is 0 Å². The molecule has 0 fully saturated rings. The highest BCUT2D eigenvalue weighted by molar-refractivity contribution is 7.17. The second-order valence-corrected chi connectivity index (χ2v) is 7.65. The lowest BCUT2D eigenvalue weighted by Crippen LogP contribution is -2.22. The van der Waals surface area contributed by atoms with E-state index in [-0.39, 0.29) is 0 Å². The van der Waals surface area contributed by atoms with Crippen LogP contribution in [-0.2, 0) is 27.2 Å². The zero-order valence-corrected chi connectivity index (χ0v) is 16.8. The van der Waals surface area contributed by atoms with E-state index in [0.717, 1.165) is 41.7 Å². The number of aryl methyl sites for hydroxylation is 1. The van der Waals surface area contributed by atoms with Gasteiger partial charge in [-0.1, -0.05) is 12.1 Å². The Labute approximate surface area is 172 Å². The predicted molar refractivity (Wildman–Crippen MR) is 111 cm³/mol. The molecule has 1 heterocycles. The molecule has 1 aliphatic rings. The van der Waals surface area contributed by atoms with Crippen LogP contribution < -0.4 is 15.8 Å². The van der Waals surface area contributed by atoms with Crippen molar-refractivity contribution < 1.29 is 23.9 Å². The van der Waals surface area contributed by atoms with Crippen molar-refractivity contribution in [1.82, 2.24) is 0 Å². The molecule has 0 saturated heterocycles. The molecule has 2 aromatic rings. The number of nitrogens with two attached hydrogens (primary N) is 1. The van der Waals surface area contributed by atoms with Crippen molar-refractivity contribution in [2.45, 2.75) is 25.7 Å². The summed E-state index contributed by atoms with van der Waals surface area (Å²) in [6, 6.07) is 7.13. The highest BCUT2D eigenvalue weighted by atomic mass is 32.1. The molecule has 3 rings (SSSR count). The Kier molecular flexibility index (Phi) is 6.66. The predicted octanol–water partition coefficient (Wildman–Crippen LogP) is 2.93. The normalized spacial score (nSPS) is 13.0. The van der Waals surface area contributed by atoms with Crippen molar-refractivity contribution in [3.63, 3.8) is 0 Å². The molecule has 0 unspecified atom stereocenters. The van der Waals surface area contributed by atoms with E-state index in [9.17, 15) is 14.4 Å². The summed E-state index contributed by atoms with van der Waals surface area (Å²) in [6.45, 7) is -0.452. The summed E-state index contributed by atoms with van der Waals surface area (Å²) >= 11 is 1.37. The van der Waals surface area contributed by atoms with E-state index in [1.165, 1.54) is 17.4 Å². The fourth-order valence-corrected chi connectivity index (χ4v) is 4.45. The molecule has 1 aromatic carbocycles. The third-order valence-electron chi connectivity index (χ3n) is 4.54. The molecule has 0 radical (unpaired) electrons. The summed E-state index contributed by atoms with van der Waals surface area (Å²) in [7, 11) is 1.57. The van der Waals surface area contributed by atoms with E-state index in [4.69, 9.17) is 15.2 Å². The number of benzene rings is 1. The molecule has 0 atom stereocenters. The summed E-state index contributed by atoms with van der Waals surface area (Å²) in [5.74, 6) is -1.00. The maximum Gasteiger partial charge on any atom is 0.331 e. The molecular formula is C21H22N2O5S. The van der Waals surface area contributed by atoms with Gasteiger partial charge in [-0.15, -0.1) is 11.3 Å². The van der Waals surface area contributed by atoms with E-state index < -0.39 is 24.4 Å². The summed E-state index contributed by atoms with van der Waals surface area (Å²) in [4.78, 5) is 36.9. The van der Waals surface area contributed by atoms with Gasteiger partial charge in [-0.25, -0.2) is 4.79 Å². The lowest BCUT2D eigenvalue weighted by molar-refractivity contribution is -0.142. The van der Waals surface area contributed by atoms with Crippen LogP contribution in [0.1, 0.15) is 39.2 Å². The van der Waals surface area contributed by atoms with Crippen LogP contribution in [0.5, 0.6) is 5.75 Å². The first kappa shape index (κ1) is 20.6. The number of hydrogen-bond donors (Lipinski definition) is 2. The first-order valence-electron chi connectivity index (χ1n) is 9.21. The highest BCUT2D eigenvalue weighted by Crippen LogP contribution is 2.37. The summed E-state index contributed by atoms with van der Waals surface area (Å²) in [5.41, 5.74) is 7.61. The fourth-order valence-electron chi connectivity index (χ4n) is 3.14. The first-order chi connectivity index (χ1) is 14.0. The number of thiophene rings is 1. The van der Waals surface area contributed by atoms with Gasteiger partial charge in [0.1, 0.15) is 10.8 Å². The minimum Gasteiger partial charge on any atom is -0.497 e. The second-order valence-electron chi connectivity index (χ2n) is 6.54. The Morgan fingerprint density at radius 3 is 2.59 bits per heavy atom. The average Bonchev–Trinajstić information content (AvgIpc) is 3.09. The summed E-state index contributed by atoms with van der Waals surface area (Å²) < 4.78 is 10.0. The topological polar surface area (TPSA) is 108 Å².